The van der Waals surface area contributed by atoms with E-state index >= 15 is 0 Å². The first-order chi connectivity index (χ1) is 10.3. The van der Waals surface area contributed by atoms with Crippen molar-refractivity contribution in [2.24, 2.45) is 0 Å². The van der Waals surface area contributed by atoms with Gasteiger partial charge in [0.1, 0.15) is 22.3 Å². The predicted molar refractivity (Wildman–Crippen MR) is 86.0 cm³/mol. The number of rotatable bonds is 0. The third kappa shape index (κ3) is 1.38. The van der Waals surface area contributed by atoms with Crippen molar-refractivity contribution in [2.45, 2.75) is 0 Å². The van der Waals surface area contributed by atoms with Crippen LogP contribution in [-0.4, -0.2) is 0 Å². The fraction of sp³-hybridized carbons (Fsp3) is 0. The van der Waals surface area contributed by atoms with Crippen LogP contribution in [0, 0.1) is 0 Å². The molecule has 0 aliphatic heterocycles. The predicted octanol–water partition coefficient (Wildman–Crippen LogP) is 6.14. The second kappa shape index (κ2) is 3.80. The summed E-state index contributed by atoms with van der Waals surface area (Å²) in [6.07, 6.45) is 0. The first-order valence-electron chi connectivity index (χ1n) is 6.74. The minimum atomic E-state index is 0.680. The van der Waals surface area contributed by atoms with Gasteiger partial charge < -0.3 is 8.83 Å². The molecule has 100 valence electrons. The zero-order valence-electron chi connectivity index (χ0n) is 10.9. The maximum atomic E-state index is 6.37. The molecule has 3 heteroatoms. The summed E-state index contributed by atoms with van der Waals surface area (Å²) < 4.78 is 12.0. The van der Waals surface area contributed by atoms with Crippen LogP contribution < -0.4 is 0 Å². The van der Waals surface area contributed by atoms with Crippen molar-refractivity contribution in [1.29, 1.82) is 0 Å². The molecular weight excluding hydrogens is 284 g/mol. The number of para-hydroxylation sites is 1. The van der Waals surface area contributed by atoms with Gasteiger partial charge in [0.2, 0.25) is 0 Å². The molecule has 3 aromatic carbocycles. The van der Waals surface area contributed by atoms with Crippen molar-refractivity contribution in [1.82, 2.24) is 0 Å². The topological polar surface area (TPSA) is 26.3 Å². The lowest BCUT2D eigenvalue weighted by Gasteiger charge is -1.94. The summed E-state index contributed by atoms with van der Waals surface area (Å²) in [5.41, 5.74) is 3.29. The van der Waals surface area contributed by atoms with Gasteiger partial charge in [0, 0.05) is 10.8 Å². The molecule has 2 aromatic heterocycles. The van der Waals surface area contributed by atoms with Crippen molar-refractivity contribution < 1.29 is 8.83 Å². The van der Waals surface area contributed by atoms with Crippen LogP contribution in [0.4, 0.5) is 0 Å². The molecule has 0 saturated carbocycles. The van der Waals surface area contributed by atoms with Crippen LogP contribution >= 0.6 is 11.6 Å². The van der Waals surface area contributed by atoms with Gasteiger partial charge >= 0.3 is 0 Å². The van der Waals surface area contributed by atoms with Crippen molar-refractivity contribution in [3.8, 4) is 0 Å². The molecule has 0 aliphatic carbocycles. The van der Waals surface area contributed by atoms with Crippen molar-refractivity contribution in [2.75, 3.05) is 0 Å². The van der Waals surface area contributed by atoms with Gasteiger partial charge in [-0.1, -0.05) is 35.9 Å². The maximum Gasteiger partial charge on any atom is 0.147 e. The first kappa shape index (κ1) is 11.2. The summed E-state index contributed by atoms with van der Waals surface area (Å²) in [7, 11) is 0. The smallest absolute Gasteiger partial charge is 0.147 e. The second-order valence-electron chi connectivity index (χ2n) is 5.13. The van der Waals surface area contributed by atoms with Gasteiger partial charge in [-0.2, -0.15) is 0 Å². The van der Waals surface area contributed by atoms with E-state index in [1.54, 1.807) is 0 Å². The molecule has 0 radical (unpaired) electrons. The van der Waals surface area contributed by atoms with Gasteiger partial charge in [-0.25, -0.2) is 0 Å². The maximum absolute atomic E-state index is 6.37. The molecule has 0 N–H and O–H groups in total. The lowest BCUT2D eigenvalue weighted by atomic mass is 10.1. The molecular formula is C18H9ClO2. The van der Waals surface area contributed by atoms with Crippen LogP contribution in [-0.2, 0) is 0 Å². The van der Waals surface area contributed by atoms with E-state index in [0.717, 1.165) is 43.9 Å². The van der Waals surface area contributed by atoms with E-state index in [4.69, 9.17) is 20.4 Å². The number of hydrogen-bond donors (Lipinski definition) is 0. The molecule has 21 heavy (non-hydrogen) atoms. The Morgan fingerprint density at radius 1 is 0.619 bits per heavy atom. The molecule has 0 unspecified atom stereocenters. The Hall–Kier alpha value is -2.45. The summed E-state index contributed by atoms with van der Waals surface area (Å²) in [6.45, 7) is 0. The molecule has 0 bridgehead atoms. The van der Waals surface area contributed by atoms with Crippen LogP contribution in [0.25, 0.3) is 43.9 Å². The fourth-order valence-electron chi connectivity index (χ4n) is 3.04. The molecule has 0 amide bonds. The van der Waals surface area contributed by atoms with Crippen LogP contribution in [0.5, 0.6) is 0 Å². The Morgan fingerprint density at radius 3 is 2.38 bits per heavy atom. The van der Waals surface area contributed by atoms with Gasteiger partial charge in [0.25, 0.3) is 0 Å². The van der Waals surface area contributed by atoms with Crippen molar-refractivity contribution in [3.63, 3.8) is 0 Å². The van der Waals surface area contributed by atoms with Crippen molar-refractivity contribution >= 4 is 55.5 Å². The number of hydrogen-bond acceptors (Lipinski definition) is 2. The fourth-order valence-corrected chi connectivity index (χ4v) is 3.30. The molecule has 2 nitrogen and oxygen atoms in total. The Bertz CT molecular complexity index is 1150. The Morgan fingerprint density at radius 2 is 1.43 bits per heavy atom. The highest BCUT2D eigenvalue weighted by Crippen LogP contribution is 2.41. The highest BCUT2D eigenvalue weighted by atomic mass is 35.5. The van der Waals surface area contributed by atoms with E-state index in [-0.39, 0.29) is 0 Å². The molecule has 0 fully saturated rings. The van der Waals surface area contributed by atoms with E-state index in [1.165, 1.54) is 0 Å². The Kier molecular flexibility index (Phi) is 2.04. The van der Waals surface area contributed by atoms with E-state index in [0.29, 0.717) is 5.02 Å². The zero-order valence-corrected chi connectivity index (χ0v) is 11.6. The molecule has 0 aliphatic rings. The van der Waals surface area contributed by atoms with Crippen LogP contribution in [0.1, 0.15) is 0 Å². The highest BCUT2D eigenvalue weighted by Gasteiger charge is 2.17. The van der Waals surface area contributed by atoms with E-state index in [1.807, 2.05) is 48.5 Å². The number of halogens is 1. The summed E-state index contributed by atoms with van der Waals surface area (Å²) in [4.78, 5) is 0. The third-order valence-electron chi connectivity index (χ3n) is 3.95. The third-order valence-corrected chi connectivity index (χ3v) is 4.27. The van der Waals surface area contributed by atoms with Gasteiger partial charge in [-0.05, 0) is 30.3 Å². The number of fused-ring (bicyclic) bond motifs is 7. The number of furan rings is 2. The Balaban J connectivity index is 2.15. The van der Waals surface area contributed by atoms with Crippen molar-refractivity contribution in [3.05, 3.63) is 59.6 Å². The minimum absolute atomic E-state index is 0.680. The van der Waals surface area contributed by atoms with Gasteiger partial charge in [0.15, 0.2) is 0 Å². The molecule has 0 spiro atoms. The van der Waals surface area contributed by atoms with E-state index in [2.05, 4.69) is 6.07 Å². The lowest BCUT2D eigenvalue weighted by Crippen LogP contribution is -1.70. The zero-order chi connectivity index (χ0) is 14.0. The number of benzene rings is 3. The molecule has 5 rings (SSSR count). The lowest BCUT2D eigenvalue weighted by molar-refractivity contribution is 0.663. The van der Waals surface area contributed by atoms with E-state index in [9.17, 15) is 0 Å². The SMILES string of the molecule is Clc1cccc2oc3ccc4c5ccccc5oc4c3c12. The summed E-state index contributed by atoms with van der Waals surface area (Å²) in [6, 6.07) is 17.8. The minimum Gasteiger partial charge on any atom is -0.456 e. The molecule has 5 aromatic rings. The van der Waals surface area contributed by atoms with Crippen LogP contribution in [0.15, 0.2) is 63.4 Å². The largest absolute Gasteiger partial charge is 0.456 e. The summed E-state index contributed by atoms with van der Waals surface area (Å²) in [5, 5.41) is 4.74. The first-order valence-corrected chi connectivity index (χ1v) is 7.12. The monoisotopic (exact) mass is 292 g/mol. The standard InChI is InChI=1S/C18H9ClO2/c19-12-5-3-7-14-16(12)17-15(20-14)9-8-11-10-4-1-2-6-13(10)21-18(11)17/h1-9H. The highest BCUT2D eigenvalue weighted by molar-refractivity contribution is 6.39. The van der Waals surface area contributed by atoms with Gasteiger partial charge in [0.05, 0.1) is 15.8 Å². The second-order valence-corrected chi connectivity index (χ2v) is 5.54. The molecule has 0 saturated heterocycles. The van der Waals surface area contributed by atoms with Crippen LogP contribution in [0.3, 0.4) is 0 Å². The quantitative estimate of drug-likeness (QED) is 0.343. The average molecular weight is 293 g/mol. The van der Waals surface area contributed by atoms with Gasteiger partial charge in [-0.3, -0.25) is 0 Å². The van der Waals surface area contributed by atoms with E-state index < -0.39 is 0 Å². The van der Waals surface area contributed by atoms with Gasteiger partial charge in [-0.15, -0.1) is 0 Å². The summed E-state index contributed by atoms with van der Waals surface area (Å²) in [5.74, 6) is 0. The van der Waals surface area contributed by atoms with Crippen LogP contribution in [0.2, 0.25) is 5.02 Å². The Labute approximate surface area is 124 Å². The normalized spacial score (nSPS) is 12.0. The average Bonchev–Trinajstić information content (AvgIpc) is 3.05. The molecule has 0 atom stereocenters. The molecule has 2 heterocycles. The summed E-state index contributed by atoms with van der Waals surface area (Å²) >= 11 is 6.37.